The van der Waals surface area contributed by atoms with Crippen molar-refractivity contribution in [3.63, 3.8) is 0 Å². The maximum atomic E-state index is 12.4. The van der Waals surface area contributed by atoms with E-state index in [2.05, 4.69) is 10.2 Å². The first-order valence-corrected chi connectivity index (χ1v) is 8.42. The van der Waals surface area contributed by atoms with E-state index in [1.807, 2.05) is 0 Å². The van der Waals surface area contributed by atoms with E-state index in [1.165, 1.54) is 12.8 Å². The van der Waals surface area contributed by atoms with Crippen molar-refractivity contribution in [1.29, 1.82) is 0 Å². The molecule has 2 unspecified atom stereocenters. The zero-order valence-corrected chi connectivity index (χ0v) is 12.6. The molecule has 3 aliphatic rings. The number of hydrogen-bond acceptors (Lipinski definition) is 3. The fraction of sp³-hybridized carbons (Fsp3) is 0.875. The monoisotopic (exact) mass is 294 g/mol. The van der Waals surface area contributed by atoms with Gasteiger partial charge in [0.05, 0.1) is 11.8 Å². The average Bonchev–Trinajstić information content (AvgIpc) is 3.32. The van der Waals surface area contributed by atoms with Crippen LogP contribution in [0.1, 0.15) is 51.4 Å². The molecule has 1 aliphatic heterocycles. The van der Waals surface area contributed by atoms with Crippen molar-refractivity contribution in [3.05, 3.63) is 0 Å². The first-order valence-electron chi connectivity index (χ1n) is 8.42. The number of piperidine rings is 1. The third kappa shape index (κ3) is 3.57. The SMILES string of the molecule is O=C(O)C1CCCCC1C(=O)NC1CCN(C2CC2)CC1. The Labute approximate surface area is 126 Å². The van der Waals surface area contributed by atoms with Gasteiger partial charge in [-0.05, 0) is 38.5 Å². The van der Waals surface area contributed by atoms with Gasteiger partial charge in [-0.15, -0.1) is 0 Å². The molecule has 1 saturated heterocycles. The van der Waals surface area contributed by atoms with Gasteiger partial charge in [-0.3, -0.25) is 9.59 Å². The molecule has 0 radical (unpaired) electrons. The molecule has 2 aliphatic carbocycles. The molecule has 0 aromatic heterocycles. The fourth-order valence-corrected chi connectivity index (χ4v) is 3.90. The third-order valence-electron chi connectivity index (χ3n) is 5.36. The molecule has 2 N–H and O–H groups in total. The lowest BCUT2D eigenvalue weighted by atomic mass is 9.78. The molecule has 1 amide bonds. The van der Waals surface area contributed by atoms with Crippen LogP contribution >= 0.6 is 0 Å². The van der Waals surface area contributed by atoms with Gasteiger partial charge in [0.15, 0.2) is 0 Å². The van der Waals surface area contributed by atoms with E-state index >= 15 is 0 Å². The van der Waals surface area contributed by atoms with Crippen LogP contribution in [0.5, 0.6) is 0 Å². The molecule has 5 nitrogen and oxygen atoms in total. The van der Waals surface area contributed by atoms with E-state index in [9.17, 15) is 14.7 Å². The molecular formula is C16H26N2O3. The van der Waals surface area contributed by atoms with E-state index in [0.29, 0.717) is 6.42 Å². The van der Waals surface area contributed by atoms with E-state index in [0.717, 1.165) is 51.2 Å². The summed E-state index contributed by atoms with van der Waals surface area (Å²) in [5.41, 5.74) is 0. The van der Waals surface area contributed by atoms with Gasteiger partial charge in [-0.1, -0.05) is 12.8 Å². The lowest BCUT2D eigenvalue weighted by Crippen LogP contribution is -2.48. The number of nitrogens with one attached hydrogen (secondary N) is 1. The van der Waals surface area contributed by atoms with Crippen molar-refractivity contribution in [2.45, 2.75) is 63.5 Å². The van der Waals surface area contributed by atoms with Crippen LogP contribution in [0, 0.1) is 11.8 Å². The number of hydrogen-bond donors (Lipinski definition) is 2. The zero-order valence-electron chi connectivity index (χ0n) is 12.6. The zero-order chi connectivity index (χ0) is 14.8. The van der Waals surface area contributed by atoms with Crippen molar-refractivity contribution in [2.24, 2.45) is 11.8 Å². The Kier molecular flexibility index (Phi) is 4.48. The van der Waals surface area contributed by atoms with E-state index < -0.39 is 11.9 Å². The van der Waals surface area contributed by atoms with Gasteiger partial charge in [0.25, 0.3) is 0 Å². The summed E-state index contributed by atoms with van der Waals surface area (Å²) in [5.74, 6) is -1.63. The van der Waals surface area contributed by atoms with Crippen LogP contribution < -0.4 is 5.32 Å². The third-order valence-corrected chi connectivity index (χ3v) is 5.36. The highest BCUT2D eigenvalue weighted by Gasteiger charge is 2.37. The molecule has 2 saturated carbocycles. The smallest absolute Gasteiger partial charge is 0.307 e. The van der Waals surface area contributed by atoms with Crippen LogP contribution in [0.15, 0.2) is 0 Å². The highest BCUT2D eigenvalue weighted by atomic mass is 16.4. The number of carboxylic acid groups (broad SMARTS) is 1. The quantitative estimate of drug-likeness (QED) is 0.826. The van der Waals surface area contributed by atoms with Crippen LogP contribution in [-0.4, -0.2) is 47.1 Å². The molecule has 118 valence electrons. The van der Waals surface area contributed by atoms with Crippen LogP contribution in [-0.2, 0) is 9.59 Å². The Morgan fingerprint density at radius 2 is 1.52 bits per heavy atom. The van der Waals surface area contributed by atoms with Gasteiger partial charge in [-0.25, -0.2) is 0 Å². The number of carboxylic acids is 1. The van der Waals surface area contributed by atoms with Gasteiger partial charge in [0.1, 0.15) is 0 Å². The summed E-state index contributed by atoms with van der Waals surface area (Å²) >= 11 is 0. The summed E-state index contributed by atoms with van der Waals surface area (Å²) < 4.78 is 0. The highest BCUT2D eigenvalue weighted by molar-refractivity contribution is 5.85. The largest absolute Gasteiger partial charge is 0.481 e. The summed E-state index contributed by atoms with van der Waals surface area (Å²) in [7, 11) is 0. The first-order chi connectivity index (χ1) is 10.1. The van der Waals surface area contributed by atoms with Gasteiger partial charge in [0, 0.05) is 25.2 Å². The molecule has 0 bridgehead atoms. The molecule has 0 aromatic rings. The predicted octanol–water partition coefficient (Wildman–Crippen LogP) is 1.62. The normalized spacial score (nSPS) is 31.8. The van der Waals surface area contributed by atoms with Gasteiger partial charge >= 0.3 is 5.97 Å². The summed E-state index contributed by atoms with van der Waals surface area (Å²) in [6.45, 7) is 2.14. The molecule has 2 atom stereocenters. The minimum atomic E-state index is -0.807. The second-order valence-corrected chi connectivity index (χ2v) is 6.89. The molecule has 5 heteroatoms. The van der Waals surface area contributed by atoms with Crippen molar-refractivity contribution in [1.82, 2.24) is 10.2 Å². The number of likely N-dealkylation sites (tertiary alicyclic amines) is 1. The minimum Gasteiger partial charge on any atom is -0.481 e. The van der Waals surface area contributed by atoms with Crippen LogP contribution in [0.4, 0.5) is 0 Å². The van der Waals surface area contributed by atoms with E-state index in [1.54, 1.807) is 0 Å². The van der Waals surface area contributed by atoms with E-state index in [4.69, 9.17) is 0 Å². The van der Waals surface area contributed by atoms with Gasteiger partial charge in [-0.2, -0.15) is 0 Å². The fourth-order valence-electron chi connectivity index (χ4n) is 3.90. The highest BCUT2D eigenvalue weighted by Crippen LogP contribution is 2.32. The Balaban J connectivity index is 1.49. The summed E-state index contributed by atoms with van der Waals surface area (Å²) in [4.78, 5) is 26.3. The van der Waals surface area contributed by atoms with E-state index in [-0.39, 0.29) is 17.9 Å². The number of amides is 1. The number of rotatable bonds is 4. The van der Waals surface area contributed by atoms with Gasteiger partial charge < -0.3 is 15.3 Å². The van der Waals surface area contributed by atoms with Crippen molar-refractivity contribution >= 4 is 11.9 Å². The minimum absolute atomic E-state index is 0.0213. The average molecular weight is 294 g/mol. The maximum absolute atomic E-state index is 12.4. The lowest BCUT2D eigenvalue weighted by molar-refractivity contribution is -0.149. The van der Waals surface area contributed by atoms with Crippen molar-refractivity contribution < 1.29 is 14.7 Å². The topological polar surface area (TPSA) is 69.6 Å². The lowest BCUT2D eigenvalue weighted by Gasteiger charge is -2.34. The number of carbonyl (C=O) groups excluding carboxylic acids is 1. The summed E-state index contributed by atoms with van der Waals surface area (Å²) in [5, 5.41) is 12.4. The Morgan fingerprint density at radius 3 is 2.10 bits per heavy atom. The number of aliphatic carboxylic acids is 1. The van der Waals surface area contributed by atoms with Crippen molar-refractivity contribution in [3.8, 4) is 0 Å². The second-order valence-electron chi connectivity index (χ2n) is 6.89. The van der Waals surface area contributed by atoms with Crippen molar-refractivity contribution in [2.75, 3.05) is 13.1 Å². The standard InChI is InChI=1S/C16H26N2O3/c19-15(13-3-1-2-4-14(13)16(20)21)17-11-7-9-18(10-8-11)12-5-6-12/h11-14H,1-10H2,(H,17,19)(H,20,21). The number of carbonyl (C=O) groups is 2. The molecule has 0 aromatic carbocycles. The Hall–Kier alpha value is -1.10. The predicted molar refractivity (Wildman–Crippen MR) is 78.8 cm³/mol. The first kappa shape index (κ1) is 14.8. The number of nitrogens with zero attached hydrogens (tertiary/aromatic N) is 1. The summed E-state index contributed by atoms with van der Waals surface area (Å²) in [6, 6.07) is 1.04. The van der Waals surface area contributed by atoms with Crippen LogP contribution in [0.2, 0.25) is 0 Å². The van der Waals surface area contributed by atoms with Crippen LogP contribution in [0.3, 0.4) is 0 Å². The molecule has 1 heterocycles. The molecule has 21 heavy (non-hydrogen) atoms. The molecule has 3 fully saturated rings. The molecular weight excluding hydrogens is 268 g/mol. The molecule has 3 rings (SSSR count). The molecule has 0 spiro atoms. The van der Waals surface area contributed by atoms with Crippen LogP contribution in [0.25, 0.3) is 0 Å². The Bertz CT molecular complexity index is 400. The van der Waals surface area contributed by atoms with Gasteiger partial charge in [0.2, 0.25) is 5.91 Å². The maximum Gasteiger partial charge on any atom is 0.307 e. The summed E-state index contributed by atoms with van der Waals surface area (Å²) in [6.07, 6.45) is 7.96. The Morgan fingerprint density at radius 1 is 0.905 bits per heavy atom. The second kappa shape index (κ2) is 6.34.